The van der Waals surface area contributed by atoms with E-state index in [0.717, 1.165) is 11.3 Å². The SMILES string of the molecule is CCOc1ccc(C=NNC(=O)C(=O)Nc2ccc(F)cc2)cc1. The van der Waals surface area contributed by atoms with Crippen LogP contribution in [0, 0.1) is 5.82 Å². The summed E-state index contributed by atoms with van der Waals surface area (Å²) >= 11 is 0. The smallest absolute Gasteiger partial charge is 0.329 e. The fourth-order valence-corrected chi connectivity index (χ4v) is 1.75. The van der Waals surface area contributed by atoms with Gasteiger partial charge in [-0.15, -0.1) is 0 Å². The van der Waals surface area contributed by atoms with Gasteiger partial charge in [-0.2, -0.15) is 5.10 Å². The molecule has 2 N–H and O–H groups in total. The van der Waals surface area contributed by atoms with Gasteiger partial charge in [-0.3, -0.25) is 9.59 Å². The standard InChI is InChI=1S/C17H16FN3O3/c1-2-24-15-9-3-12(4-10-15)11-19-21-17(23)16(22)20-14-7-5-13(18)6-8-14/h3-11H,2H2,1H3,(H,20,22)(H,21,23). The zero-order valence-corrected chi connectivity index (χ0v) is 13.0. The van der Waals surface area contributed by atoms with Crippen LogP contribution in [0.25, 0.3) is 0 Å². The number of nitrogens with one attached hydrogen (secondary N) is 2. The van der Waals surface area contributed by atoms with Crippen LogP contribution < -0.4 is 15.5 Å². The molecule has 0 saturated carbocycles. The molecule has 7 heteroatoms. The van der Waals surface area contributed by atoms with Crippen molar-refractivity contribution in [1.82, 2.24) is 5.43 Å². The minimum absolute atomic E-state index is 0.312. The van der Waals surface area contributed by atoms with Crippen LogP contribution in [0.3, 0.4) is 0 Å². The maximum atomic E-state index is 12.8. The number of carbonyl (C=O) groups is 2. The molecule has 2 amide bonds. The Kier molecular flexibility index (Phi) is 6.01. The molecule has 0 radical (unpaired) electrons. The van der Waals surface area contributed by atoms with Gasteiger partial charge in [0, 0.05) is 5.69 Å². The topological polar surface area (TPSA) is 79.8 Å². The Bertz CT molecular complexity index is 728. The molecule has 0 aliphatic carbocycles. The van der Waals surface area contributed by atoms with Crippen molar-refractivity contribution in [3.8, 4) is 5.75 Å². The molecule has 24 heavy (non-hydrogen) atoms. The fourth-order valence-electron chi connectivity index (χ4n) is 1.75. The van der Waals surface area contributed by atoms with Crippen molar-refractivity contribution in [1.29, 1.82) is 0 Å². The molecule has 0 spiro atoms. The summed E-state index contributed by atoms with van der Waals surface area (Å²) in [6, 6.07) is 12.1. The molecule has 0 atom stereocenters. The van der Waals surface area contributed by atoms with Crippen LogP contribution in [0.1, 0.15) is 12.5 Å². The third kappa shape index (κ3) is 5.20. The number of ether oxygens (including phenoxy) is 1. The molecule has 0 heterocycles. The number of hydrogen-bond donors (Lipinski definition) is 2. The molecule has 6 nitrogen and oxygen atoms in total. The largest absolute Gasteiger partial charge is 0.494 e. The second-order valence-electron chi connectivity index (χ2n) is 4.66. The highest BCUT2D eigenvalue weighted by Gasteiger charge is 2.12. The lowest BCUT2D eigenvalue weighted by molar-refractivity contribution is -0.136. The number of anilines is 1. The third-order valence-electron chi connectivity index (χ3n) is 2.88. The molecule has 0 saturated heterocycles. The van der Waals surface area contributed by atoms with Crippen molar-refractivity contribution in [3.63, 3.8) is 0 Å². The van der Waals surface area contributed by atoms with E-state index in [1.54, 1.807) is 24.3 Å². The molecular formula is C17H16FN3O3. The van der Waals surface area contributed by atoms with E-state index < -0.39 is 17.6 Å². The first kappa shape index (κ1) is 17.1. The summed E-state index contributed by atoms with van der Waals surface area (Å²) in [5.41, 5.74) is 3.16. The number of rotatable bonds is 5. The highest BCUT2D eigenvalue weighted by Crippen LogP contribution is 2.10. The Hall–Kier alpha value is -3.22. The van der Waals surface area contributed by atoms with Gasteiger partial charge in [0.25, 0.3) is 0 Å². The van der Waals surface area contributed by atoms with Gasteiger partial charge in [-0.1, -0.05) is 0 Å². The Morgan fingerprint density at radius 1 is 1.08 bits per heavy atom. The molecule has 0 unspecified atom stereocenters. The van der Waals surface area contributed by atoms with Crippen LogP contribution in [-0.2, 0) is 9.59 Å². The summed E-state index contributed by atoms with van der Waals surface area (Å²) in [5.74, 6) is -1.53. The maximum Gasteiger partial charge on any atom is 0.329 e. The predicted molar refractivity (Wildman–Crippen MR) is 88.4 cm³/mol. The van der Waals surface area contributed by atoms with E-state index in [0.29, 0.717) is 12.3 Å². The number of hydrazone groups is 1. The first-order valence-electron chi connectivity index (χ1n) is 7.21. The van der Waals surface area contributed by atoms with Crippen LogP contribution in [-0.4, -0.2) is 24.6 Å². The fraction of sp³-hybridized carbons (Fsp3) is 0.118. The van der Waals surface area contributed by atoms with Crippen molar-refractivity contribution >= 4 is 23.7 Å². The number of hydrogen-bond acceptors (Lipinski definition) is 4. The summed E-state index contributed by atoms with van der Waals surface area (Å²) in [6.07, 6.45) is 1.40. The number of nitrogens with zero attached hydrogens (tertiary/aromatic N) is 1. The van der Waals surface area contributed by atoms with Crippen molar-refractivity contribution in [2.24, 2.45) is 5.10 Å². The van der Waals surface area contributed by atoms with Crippen molar-refractivity contribution in [2.45, 2.75) is 6.92 Å². The molecule has 0 fully saturated rings. The molecule has 0 bridgehead atoms. The second-order valence-corrected chi connectivity index (χ2v) is 4.66. The third-order valence-corrected chi connectivity index (χ3v) is 2.88. The molecule has 0 aliphatic rings. The lowest BCUT2D eigenvalue weighted by Crippen LogP contribution is -2.32. The van der Waals surface area contributed by atoms with Crippen LogP contribution in [0.4, 0.5) is 10.1 Å². The summed E-state index contributed by atoms with van der Waals surface area (Å²) in [6.45, 7) is 2.47. The van der Waals surface area contributed by atoms with E-state index in [9.17, 15) is 14.0 Å². The minimum atomic E-state index is -0.929. The van der Waals surface area contributed by atoms with Gasteiger partial charge in [-0.25, -0.2) is 9.82 Å². The van der Waals surface area contributed by atoms with Gasteiger partial charge in [0.2, 0.25) is 0 Å². The van der Waals surface area contributed by atoms with Crippen LogP contribution in [0.2, 0.25) is 0 Å². The molecule has 2 aromatic rings. The van der Waals surface area contributed by atoms with Gasteiger partial charge in [-0.05, 0) is 61.0 Å². The lowest BCUT2D eigenvalue weighted by atomic mass is 10.2. The molecule has 0 aromatic heterocycles. The van der Waals surface area contributed by atoms with E-state index >= 15 is 0 Å². The van der Waals surface area contributed by atoms with Crippen molar-refractivity contribution < 1.29 is 18.7 Å². The highest BCUT2D eigenvalue weighted by atomic mass is 19.1. The monoisotopic (exact) mass is 329 g/mol. The van der Waals surface area contributed by atoms with Gasteiger partial charge in [0.05, 0.1) is 12.8 Å². The zero-order chi connectivity index (χ0) is 17.4. The second kappa shape index (κ2) is 8.42. The summed E-state index contributed by atoms with van der Waals surface area (Å²) in [7, 11) is 0. The predicted octanol–water partition coefficient (Wildman–Crippen LogP) is 2.31. The van der Waals surface area contributed by atoms with Gasteiger partial charge < -0.3 is 10.1 Å². The van der Waals surface area contributed by atoms with Gasteiger partial charge in [0.15, 0.2) is 0 Å². The first-order valence-corrected chi connectivity index (χ1v) is 7.21. The van der Waals surface area contributed by atoms with E-state index in [1.807, 2.05) is 6.92 Å². The Balaban J connectivity index is 1.85. The summed E-state index contributed by atoms with van der Waals surface area (Å²) in [4.78, 5) is 23.3. The highest BCUT2D eigenvalue weighted by molar-refractivity contribution is 6.39. The van der Waals surface area contributed by atoms with Gasteiger partial charge >= 0.3 is 11.8 Å². The average Bonchev–Trinajstić information content (AvgIpc) is 2.58. The van der Waals surface area contributed by atoms with E-state index in [-0.39, 0.29) is 0 Å². The molecule has 124 valence electrons. The van der Waals surface area contributed by atoms with Crippen LogP contribution in [0.15, 0.2) is 53.6 Å². The van der Waals surface area contributed by atoms with Crippen molar-refractivity contribution in [2.75, 3.05) is 11.9 Å². The zero-order valence-electron chi connectivity index (χ0n) is 13.0. The lowest BCUT2D eigenvalue weighted by Gasteiger charge is -2.04. The normalized spacial score (nSPS) is 10.4. The Labute approximate surface area is 138 Å². The minimum Gasteiger partial charge on any atom is -0.494 e. The van der Waals surface area contributed by atoms with Crippen LogP contribution >= 0.6 is 0 Å². The maximum absolute atomic E-state index is 12.8. The molecule has 0 aliphatic heterocycles. The molecule has 2 rings (SSSR count). The quantitative estimate of drug-likeness (QED) is 0.502. The van der Waals surface area contributed by atoms with Gasteiger partial charge in [0.1, 0.15) is 11.6 Å². The van der Waals surface area contributed by atoms with Crippen molar-refractivity contribution in [3.05, 3.63) is 59.9 Å². The molecule has 2 aromatic carbocycles. The van der Waals surface area contributed by atoms with E-state index in [4.69, 9.17) is 4.74 Å². The first-order chi connectivity index (χ1) is 11.6. The summed E-state index contributed by atoms with van der Waals surface area (Å²) < 4.78 is 18.1. The van der Waals surface area contributed by atoms with Crippen LogP contribution in [0.5, 0.6) is 5.75 Å². The number of benzene rings is 2. The van der Waals surface area contributed by atoms with E-state index in [1.165, 1.54) is 30.5 Å². The molecular weight excluding hydrogens is 313 g/mol. The summed E-state index contributed by atoms with van der Waals surface area (Å²) in [5, 5.41) is 6.04. The average molecular weight is 329 g/mol. The Morgan fingerprint density at radius 2 is 1.75 bits per heavy atom. The number of amides is 2. The number of halogens is 1. The Morgan fingerprint density at radius 3 is 2.38 bits per heavy atom. The van der Waals surface area contributed by atoms with E-state index in [2.05, 4.69) is 15.8 Å². The number of carbonyl (C=O) groups excluding carboxylic acids is 2.